The molecule has 112 valence electrons. The van der Waals surface area contributed by atoms with Gasteiger partial charge in [-0.1, -0.05) is 18.2 Å². The van der Waals surface area contributed by atoms with Crippen molar-refractivity contribution in [2.75, 3.05) is 5.73 Å². The summed E-state index contributed by atoms with van der Waals surface area (Å²) in [6, 6.07) is 5.56. The second-order valence-corrected chi connectivity index (χ2v) is 4.37. The molecule has 0 aliphatic heterocycles. The van der Waals surface area contributed by atoms with Gasteiger partial charge in [0.15, 0.2) is 0 Å². The fourth-order valence-electron chi connectivity index (χ4n) is 1.99. The molecule has 0 amide bonds. The molecule has 2 aromatic rings. The van der Waals surface area contributed by atoms with E-state index in [-0.39, 0.29) is 5.75 Å². The van der Waals surface area contributed by atoms with E-state index in [2.05, 4.69) is 16.3 Å². The topological polar surface area (TPSA) is 53.1 Å². The number of aryl methyl sites for hydroxylation is 1. The van der Waals surface area contributed by atoms with Crippen molar-refractivity contribution < 1.29 is 17.9 Å². The van der Waals surface area contributed by atoms with E-state index in [1.807, 2.05) is 0 Å². The molecule has 0 saturated carbocycles. The second kappa shape index (κ2) is 5.51. The molecule has 0 aliphatic rings. The number of aromatic nitrogens is 2. The SMILES string of the molecule is C=CCn1c(C)nc(-c2cccc(OC(F)(F)F)c2)c1N. The van der Waals surface area contributed by atoms with Crippen molar-refractivity contribution in [2.45, 2.75) is 19.8 Å². The van der Waals surface area contributed by atoms with E-state index >= 15 is 0 Å². The van der Waals surface area contributed by atoms with Crippen molar-refractivity contribution in [3.8, 4) is 17.0 Å². The van der Waals surface area contributed by atoms with Crippen LogP contribution in [-0.4, -0.2) is 15.9 Å². The van der Waals surface area contributed by atoms with Crippen LogP contribution < -0.4 is 10.5 Å². The Labute approximate surface area is 119 Å². The van der Waals surface area contributed by atoms with Crippen molar-refractivity contribution in [1.82, 2.24) is 9.55 Å². The highest BCUT2D eigenvalue weighted by atomic mass is 19.4. The molecule has 0 bridgehead atoms. The van der Waals surface area contributed by atoms with E-state index < -0.39 is 6.36 Å². The lowest BCUT2D eigenvalue weighted by Gasteiger charge is -2.09. The second-order valence-electron chi connectivity index (χ2n) is 4.37. The highest BCUT2D eigenvalue weighted by molar-refractivity contribution is 5.72. The number of hydrogen-bond acceptors (Lipinski definition) is 3. The van der Waals surface area contributed by atoms with Gasteiger partial charge in [0.05, 0.1) is 0 Å². The number of hydrogen-bond donors (Lipinski definition) is 1. The van der Waals surface area contributed by atoms with Gasteiger partial charge >= 0.3 is 6.36 Å². The molecule has 1 heterocycles. The van der Waals surface area contributed by atoms with Gasteiger partial charge < -0.3 is 15.0 Å². The Morgan fingerprint density at radius 1 is 1.43 bits per heavy atom. The van der Waals surface area contributed by atoms with E-state index in [4.69, 9.17) is 5.73 Å². The van der Waals surface area contributed by atoms with Crippen LogP contribution in [0.3, 0.4) is 0 Å². The molecule has 1 aromatic heterocycles. The molecule has 0 unspecified atom stereocenters. The van der Waals surface area contributed by atoms with Gasteiger partial charge in [0, 0.05) is 12.1 Å². The molecule has 1 aromatic carbocycles. The number of anilines is 1. The molecule has 0 atom stereocenters. The Kier molecular flexibility index (Phi) is 3.93. The Morgan fingerprint density at radius 2 is 2.14 bits per heavy atom. The minimum atomic E-state index is -4.73. The Bertz CT molecular complexity index is 662. The van der Waals surface area contributed by atoms with Gasteiger partial charge in [0.2, 0.25) is 0 Å². The van der Waals surface area contributed by atoms with Crippen molar-refractivity contribution in [3.63, 3.8) is 0 Å². The van der Waals surface area contributed by atoms with Gasteiger partial charge in [0.1, 0.15) is 23.1 Å². The van der Waals surface area contributed by atoms with Crippen molar-refractivity contribution in [1.29, 1.82) is 0 Å². The summed E-state index contributed by atoms with van der Waals surface area (Å²) in [7, 11) is 0. The lowest BCUT2D eigenvalue weighted by Crippen LogP contribution is -2.17. The predicted molar refractivity (Wildman–Crippen MR) is 73.7 cm³/mol. The Morgan fingerprint density at radius 3 is 2.76 bits per heavy atom. The lowest BCUT2D eigenvalue weighted by atomic mass is 10.1. The molecule has 2 N–H and O–H groups in total. The first-order valence-corrected chi connectivity index (χ1v) is 6.11. The zero-order valence-electron chi connectivity index (χ0n) is 11.3. The van der Waals surface area contributed by atoms with Gasteiger partial charge in [-0.25, -0.2) is 4.98 Å². The van der Waals surface area contributed by atoms with Gasteiger partial charge in [-0.05, 0) is 19.1 Å². The third-order valence-corrected chi connectivity index (χ3v) is 2.85. The number of halogens is 3. The zero-order valence-corrected chi connectivity index (χ0v) is 11.3. The van der Waals surface area contributed by atoms with Crippen LogP contribution in [-0.2, 0) is 6.54 Å². The maximum atomic E-state index is 12.2. The van der Waals surface area contributed by atoms with Crippen molar-refractivity contribution in [3.05, 3.63) is 42.7 Å². The van der Waals surface area contributed by atoms with Crippen LogP contribution in [0.4, 0.5) is 19.0 Å². The average Bonchev–Trinajstić information content (AvgIpc) is 2.65. The van der Waals surface area contributed by atoms with Crippen LogP contribution in [0, 0.1) is 6.92 Å². The maximum absolute atomic E-state index is 12.2. The van der Waals surface area contributed by atoms with Crippen LogP contribution in [0.1, 0.15) is 5.82 Å². The minimum absolute atomic E-state index is 0.310. The number of nitrogens with zero attached hydrogens (tertiary/aromatic N) is 2. The summed E-state index contributed by atoms with van der Waals surface area (Å²) < 4.78 is 42.4. The molecule has 0 aliphatic carbocycles. The number of nitrogen functional groups attached to an aromatic ring is 1. The summed E-state index contributed by atoms with van der Waals surface area (Å²) in [6.45, 7) is 5.86. The van der Waals surface area contributed by atoms with E-state index in [9.17, 15) is 13.2 Å². The van der Waals surface area contributed by atoms with Crippen LogP contribution in [0.15, 0.2) is 36.9 Å². The standard InChI is InChI=1S/C14H14F3N3O/c1-3-7-20-9(2)19-12(13(20)18)10-5-4-6-11(8-10)21-14(15,16)17/h3-6,8H,1,7,18H2,2H3. The summed E-state index contributed by atoms with van der Waals surface area (Å²) in [5, 5.41) is 0. The van der Waals surface area contributed by atoms with Crippen molar-refractivity contribution in [2.24, 2.45) is 0 Å². The molecule has 0 spiro atoms. The van der Waals surface area contributed by atoms with E-state index in [0.717, 1.165) is 0 Å². The number of ether oxygens (including phenoxy) is 1. The number of rotatable bonds is 4. The molecule has 7 heteroatoms. The highest BCUT2D eigenvalue weighted by Gasteiger charge is 2.31. The minimum Gasteiger partial charge on any atom is -0.406 e. The average molecular weight is 297 g/mol. The summed E-state index contributed by atoms with van der Waals surface area (Å²) in [5.74, 6) is 0.719. The number of benzene rings is 1. The summed E-state index contributed by atoms with van der Waals surface area (Å²) in [6.07, 6.45) is -3.07. The molecular weight excluding hydrogens is 283 g/mol. The number of allylic oxidation sites excluding steroid dienone is 1. The first kappa shape index (κ1) is 15.0. The van der Waals surface area contributed by atoms with Crippen molar-refractivity contribution >= 4 is 5.82 Å². The Hall–Kier alpha value is -2.44. The lowest BCUT2D eigenvalue weighted by molar-refractivity contribution is -0.274. The van der Waals surface area contributed by atoms with E-state index in [1.54, 1.807) is 23.6 Å². The van der Waals surface area contributed by atoms with Crippen LogP contribution in [0.25, 0.3) is 11.3 Å². The summed E-state index contributed by atoms with van der Waals surface area (Å²) in [4.78, 5) is 4.29. The van der Waals surface area contributed by atoms with E-state index in [0.29, 0.717) is 29.4 Å². The predicted octanol–water partition coefficient (Wildman–Crippen LogP) is 3.53. The molecule has 0 radical (unpaired) electrons. The van der Waals surface area contributed by atoms with Crippen LogP contribution in [0.2, 0.25) is 0 Å². The number of nitrogens with two attached hydrogens (primary N) is 1. The third kappa shape index (κ3) is 3.36. The zero-order chi connectivity index (χ0) is 15.6. The van der Waals surface area contributed by atoms with Gasteiger partial charge in [-0.3, -0.25) is 0 Å². The largest absolute Gasteiger partial charge is 0.573 e. The van der Waals surface area contributed by atoms with E-state index in [1.165, 1.54) is 18.2 Å². The van der Waals surface area contributed by atoms with Crippen LogP contribution >= 0.6 is 0 Å². The molecule has 21 heavy (non-hydrogen) atoms. The molecule has 4 nitrogen and oxygen atoms in total. The van der Waals surface area contributed by atoms with Crippen LogP contribution in [0.5, 0.6) is 5.75 Å². The Balaban J connectivity index is 2.41. The summed E-state index contributed by atoms with van der Waals surface area (Å²) in [5.41, 5.74) is 6.87. The van der Waals surface area contributed by atoms with Gasteiger partial charge in [-0.2, -0.15) is 0 Å². The number of alkyl halides is 3. The molecular formula is C14H14F3N3O. The first-order valence-electron chi connectivity index (χ1n) is 6.11. The monoisotopic (exact) mass is 297 g/mol. The highest BCUT2D eigenvalue weighted by Crippen LogP contribution is 2.31. The number of imidazole rings is 1. The smallest absolute Gasteiger partial charge is 0.406 e. The summed E-state index contributed by atoms with van der Waals surface area (Å²) >= 11 is 0. The maximum Gasteiger partial charge on any atom is 0.573 e. The quantitative estimate of drug-likeness (QED) is 0.878. The third-order valence-electron chi connectivity index (χ3n) is 2.85. The van der Waals surface area contributed by atoms with Gasteiger partial charge in [0.25, 0.3) is 0 Å². The molecule has 0 saturated heterocycles. The molecule has 2 rings (SSSR count). The fraction of sp³-hybridized carbons (Fsp3) is 0.214. The fourth-order valence-corrected chi connectivity index (χ4v) is 1.99. The molecule has 0 fully saturated rings. The van der Waals surface area contributed by atoms with Gasteiger partial charge in [-0.15, -0.1) is 19.8 Å². The first-order chi connectivity index (χ1) is 9.81. The normalized spacial score (nSPS) is 11.4.